The summed E-state index contributed by atoms with van der Waals surface area (Å²) in [7, 11) is 1.47. The maximum atomic E-state index is 11.0. The molecule has 0 fully saturated rings. The lowest BCUT2D eigenvalue weighted by atomic mass is 9.86. The van der Waals surface area contributed by atoms with Gasteiger partial charge in [-0.05, 0) is 34.2 Å². The van der Waals surface area contributed by atoms with Crippen LogP contribution in [0.25, 0.3) is 11.1 Å². The standard InChI is InChI=1S/C18H20O3/c1-18(2,3)15-7-5-12(6-8-15)13-9-14(11-19)17(20)16(10-13)21-4/h5-11,20H,1-4H3. The number of methoxy groups -OCH3 is 1. The molecule has 110 valence electrons. The first kappa shape index (κ1) is 15.1. The first-order chi connectivity index (χ1) is 9.86. The van der Waals surface area contributed by atoms with Gasteiger partial charge >= 0.3 is 0 Å². The first-order valence-corrected chi connectivity index (χ1v) is 6.84. The topological polar surface area (TPSA) is 46.5 Å². The van der Waals surface area contributed by atoms with E-state index < -0.39 is 0 Å². The summed E-state index contributed by atoms with van der Waals surface area (Å²) in [5.41, 5.74) is 3.38. The molecule has 0 atom stereocenters. The Bertz CT molecular complexity index is 649. The summed E-state index contributed by atoms with van der Waals surface area (Å²) in [5, 5.41) is 9.85. The van der Waals surface area contributed by atoms with Crippen LogP contribution in [0.1, 0.15) is 36.7 Å². The Morgan fingerprint density at radius 1 is 1.05 bits per heavy atom. The van der Waals surface area contributed by atoms with E-state index in [-0.39, 0.29) is 16.7 Å². The Morgan fingerprint density at radius 3 is 2.14 bits per heavy atom. The van der Waals surface area contributed by atoms with E-state index in [0.717, 1.165) is 11.1 Å². The smallest absolute Gasteiger partial charge is 0.168 e. The molecule has 3 heteroatoms. The van der Waals surface area contributed by atoms with Gasteiger partial charge in [-0.15, -0.1) is 0 Å². The summed E-state index contributed by atoms with van der Waals surface area (Å²) in [6.45, 7) is 6.49. The van der Waals surface area contributed by atoms with E-state index in [1.54, 1.807) is 12.1 Å². The van der Waals surface area contributed by atoms with Gasteiger partial charge < -0.3 is 9.84 Å². The lowest BCUT2D eigenvalue weighted by Gasteiger charge is -2.19. The quantitative estimate of drug-likeness (QED) is 0.860. The zero-order valence-electron chi connectivity index (χ0n) is 12.8. The number of benzene rings is 2. The largest absolute Gasteiger partial charge is 0.504 e. The molecular formula is C18H20O3. The second-order valence-electron chi connectivity index (χ2n) is 6.06. The Hall–Kier alpha value is -2.29. The number of carbonyl (C=O) groups is 1. The summed E-state index contributed by atoms with van der Waals surface area (Å²) in [4.78, 5) is 11.0. The fraction of sp³-hybridized carbons (Fsp3) is 0.278. The number of phenolic OH excluding ortho intramolecular Hbond substituents is 1. The molecule has 0 aliphatic rings. The van der Waals surface area contributed by atoms with Crippen LogP contribution in [0, 0.1) is 0 Å². The van der Waals surface area contributed by atoms with Crippen molar-refractivity contribution in [1.29, 1.82) is 0 Å². The second kappa shape index (κ2) is 5.60. The fourth-order valence-electron chi connectivity index (χ4n) is 2.20. The number of hydrogen-bond donors (Lipinski definition) is 1. The highest BCUT2D eigenvalue weighted by Crippen LogP contribution is 2.35. The molecule has 0 aliphatic carbocycles. The number of carbonyl (C=O) groups excluding carboxylic acids is 1. The van der Waals surface area contributed by atoms with Crippen molar-refractivity contribution < 1.29 is 14.6 Å². The van der Waals surface area contributed by atoms with Crippen LogP contribution >= 0.6 is 0 Å². The van der Waals surface area contributed by atoms with Crippen LogP contribution in [-0.4, -0.2) is 18.5 Å². The van der Waals surface area contributed by atoms with Crippen LogP contribution in [0.4, 0.5) is 0 Å². The van der Waals surface area contributed by atoms with Crippen LogP contribution in [0.15, 0.2) is 36.4 Å². The second-order valence-corrected chi connectivity index (χ2v) is 6.06. The van der Waals surface area contributed by atoms with Crippen molar-refractivity contribution in [3.63, 3.8) is 0 Å². The molecule has 0 radical (unpaired) electrons. The number of aromatic hydroxyl groups is 1. The summed E-state index contributed by atoms with van der Waals surface area (Å²) >= 11 is 0. The molecule has 21 heavy (non-hydrogen) atoms. The van der Waals surface area contributed by atoms with Gasteiger partial charge in [0, 0.05) is 0 Å². The molecule has 0 unspecified atom stereocenters. The summed E-state index contributed by atoms with van der Waals surface area (Å²) < 4.78 is 5.12. The van der Waals surface area contributed by atoms with Crippen LogP contribution in [0.2, 0.25) is 0 Å². The number of phenols is 1. The monoisotopic (exact) mass is 284 g/mol. The molecular weight excluding hydrogens is 264 g/mol. The van der Waals surface area contributed by atoms with Crippen molar-refractivity contribution in [2.45, 2.75) is 26.2 Å². The molecule has 2 aromatic carbocycles. The third-order valence-electron chi connectivity index (χ3n) is 3.54. The molecule has 2 rings (SSSR count). The van der Waals surface area contributed by atoms with Gasteiger partial charge in [-0.1, -0.05) is 45.0 Å². The predicted molar refractivity (Wildman–Crippen MR) is 84.2 cm³/mol. The highest BCUT2D eigenvalue weighted by Gasteiger charge is 2.14. The van der Waals surface area contributed by atoms with Gasteiger partial charge in [0.15, 0.2) is 17.8 Å². The van der Waals surface area contributed by atoms with Gasteiger partial charge in [-0.2, -0.15) is 0 Å². The Morgan fingerprint density at radius 2 is 1.67 bits per heavy atom. The highest BCUT2D eigenvalue weighted by molar-refractivity contribution is 5.85. The Balaban J connectivity index is 2.49. The third kappa shape index (κ3) is 3.07. The van der Waals surface area contributed by atoms with Gasteiger partial charge in [-0.3, -0.25) is 4.79 Å². The van der Waals surface area contributed by atoms with Gasteiger partial charge in [0.1, 0.15) is 0 Å². The third-order valence-corrected chi connectivity index (χ3v) is 3.54. The molecule has 0 heterocycles. The first-order valence-electron chi connectivity index (χ1n) is 6.84. The highest BCUT2D eigenvalue weighted by atomic mass is 16.5. The van der Waals surface area contributed by atoms with Crippen LogP contribution in [0.5, 0.6) is 11.5 Å². The molecule has 1 N–H and O–H groups in total. The van der Waals surface area contributed by atoms with E-state index in [0.29, 0.717) is 12.0 Å². The van der Waals surface area contributed by atoms with Crippen molar-refractivity contribution in [2.24, 2.45) is 0 Å². The average molecular weight is 284 g/mol. The maximum Gasteiger partial charge on any atom is 0.168 e. The lowest BCUT2D eigenvalue weighted by Crippen LogP contribution is -2.10. The van der Waals surface area contributed by atoms with E-state index in [9.17, 15) is 9.90 Å². The van der Waals surface area contributed by atoms with Gasteiger partial charge in [0.25, 0.3) is 0 Å². The molecule has 2 aromatic rings. The van der Waals surface area contributed by atoms with Crippen molar-refractivity contribution in [1.82, 2.24) is 0 Å². The molecule has 0 saturated carbocycles. The molecule has 0 bridgehead atoms. The zero-order valence-corrected chi connectivity index (χ0v) is 12.8. The lowest BCUT2D eigenvalue weighted by molar-refractivity contribution is 0.112. The molecule has 0 spiro atoms. The number of hydrogen-bond acceptors (Lipinski definition) is 3. The summed E-state index contributed by atoms with van der Waals surface area (Å²) in [5.74, 6) is 0.178. The van der Waals surface area contributed by atoms with Crippen molar-refractivity contribution in [3.8, 4) is 22.6 Å². The minimum Gasteiger partial charge on any atom is -0.504 e. The Labute approximate surface area is 125 Å². The van der Waals surface area contributed by atoms with E-state index in [4.69, 9.17) is 4.74 Å². The molecule has 3 nitrogen and oxygen atoms in total. The van der Waals surface area contributed by atoms with Crippen molar-refractivity contribution in [2.75, 3.05) is 7.11 Å². The molecule has 0 saturated heterocycles. The average Bonchev–Trinajstić information content (AvgIpc) is 2.47. The molecule has 0 aliphatic heterocycles. The van der Waals surface area contributed by atoms with E-state index in [1.165, 1.54) is 12.7 Å². The number of ether oxygens (including phenoxy) is 1. The number of rotatable bonds is 3. The minimum atomic E-state index is -0.123. The zero-order chi connectivity index (χ0) is 15.6. The van der Waals surface area contributed by atoms with Crippen molar-refractivity contribution in [3.05, 3.63) is 47.5 Å². The van der Waals surface area contributed by atoms with Gasteiger partial charge in [0.2, 0.25) is 0 Å². The minimum absolute atomic E-state index is 0.0964. The maximum absolute atomic E-state index is 11.0. The van der Waals surface area contributed by atoms with Crippen LogP contribution in [0.3, 0.4) is 0 Å². The SMILES string of the molecule is COc1cc(-c2ccc(C(C)(C)C)cc2)cc(C=O)c1O. The van der Waals surface area contributed by atoms with Gasteiger partial charge in [-0.25, -0.2) is 0 Å². The van der Waals surface area contributed by atoms with Crippen LogP contribution in [-0.2, 0) is 5.41 Å². The fourth-order valence-corrected chi connectivity index (χ4v) is 2.20. The molecule has 0 aromatic heterocycles. The van der Waals surface area contributed by atoms with E-state index in [2.05, 4.69) is 32.9 Å². The summed E-state index contributed by atoms with van der Waals surface area (Å²) in [6.07, 6.45) is 0.630. The predicted octanol–water partition coefficient (Wildman–Crippen LogP) is 4.18. The van der Waals surface area contributed by atoms with Crippen LogP contribution < -0.4 is 4.74 Å². The molecule has 0 amide bonds. The van der Waals surface area contributed by atoms with Gasteiger partial charge in [0.05, 0.1) is 12.7 Å². The van der Waals surface area contributed by atoms with E-state index >= 15 is 0 Å². The Kier molecular flexibility index (Phi) is 4.03. The van der Waals surface area contributed by atoms with E-state index in [1.807, 2.05) is 12.1 Å². The van der Waals surface area contributed by atoms with Crippen molar-refractivity contribution >= 4 is 6.29 Å². The number of aldehydes is 1. The normalized spacial score (nSPS) is 11.2. The summed E-state index contributed by atoms with van der Waals surface area (Å²) in [6, 6.07) is 11.6.